The molecule has 0 saturated carbocycles. The van der Waals surface area contributed by atoms with Crippen LogP contribution in [0.5, 0.6) is 11.6 Å². The van der Waals surface area contributed by atoms with Crippen LogP contribution in [-0.2, 0) is 17.4 Å². The fourth-order valence-electron chi connectivity index (χ4n) is 2.82. The molecular formula is C22H16F3N5O2. The molecule has 0 unspecified atom stereocenters. The van der Waals surface area contributed by atoms with Crippen molar-refractivity contribution in [2.45, 2.75) is 12.6 Å². The molecule has 0 saturated heterocycles. The van der Waals surface area contributed by atoms with Gasteiger partial charge in [-0.15, -0.1) is 10.2 Å². The fourth-order valence-corrected chi connectivity index (χ4v) is 2.82. The Balaban J connectivity index is 1.32. The predicted molar refractivity (Wildman–Crippen MR) is 109 cm³/mol. The van der Waals surface area contributed by atoms with Gasteiger partial charge in [-0.2, -0.15) is 18.3 Å². The van der Waals surface area contributed by atoms with Crippen molar-refractivity contribution in [1.82, 2.24) is 20.0 Å². The number of benzene rings is 2. The molecule has 7 nitrogen and oxygen atoms in total. The molecule has 32 heavy (non-hydrogen) atoms. The van der Waals surface area contributed by atoms with Gasteiger partial charge in [-0.1, -0.05) is 12.1 Å². The summed E-state index contributed by atoms with van der Waals surface area (Å²) in [7, 11) is 0. The minimum Gasteiger partial charge on any atom is -0.438 e. The van der Waals surface area contributed by atoms with Gasteiger partial charge in [0.15, 0.2) is 5.82 Å². The summed E-state index contributed by atoms with van der Waals surface area (Å²) < 4.78 is 45.1. The highest BCUT2D eigenvalue weighted by Crippen LogP contribution is 2.29. The van der Waals surface area contributed by atoms with Crippen molar-refractivity contribution in [3.05, 3.63) is 90.3 Å². The molecule has 0 aliphatic heterocycles. The molecule has 162 valence electrons. The number of hydrogen-bond acceptors (Lipinski definition) is 5. The van der Waals surface area contributed by atoms with E-state index in [9.17, 15) is 18.0 Å². The van der Waals surface area contributed by atoms with Crippen LogP contribution in [0.25, 0.3) is 5.82 Å². The van der Waals surface area contributed by atoms with Crippen molar-refractivity contribution in [1.29, 1.82) is 0 Å². The topological polar surface area (TPSA) is 81.9 Å². The van der Waals surface area contributed by atoms with E-state index in [0.29, 0.717) is 28.7 Å². The molecule has 10 heteroatoms. The summed E-state index contributed by atoms with van der Waals surface area (Å²) in [4.78, 5) is 12.2. The number of amides is 1. The van der Waals surface area contributed by atoms with Crippen LogP contribution in [0.15, 0.2) is 79.1 Å². The second kappa shape index (κ2) is 8.88. The molecule has 0 atom stereocenters. The van der Waals surface area contributed by atoms with Crippen LogP contribution < -0.4 is 10.1 Å². The van der Waals surface area contributed by atoms with Gasteiger partial charge in [-0.25, -0.2) is 4.68 Å². The first-order valence-electron chi connectivity index (χ1n) is 9.44. The number of anilines is 1. The summed E-state index contributed by atoms with van der Waals surface area (Å²) in [6, 6.07) is 16.2. The molecule has 2 aromatic heterocycles. The average Bonchev–Trinajstić information content (AvgIpc) is 3.30. The smallest absolute Gasteiger partial charge is 0.416 e. The highest BCUT2D eigenvalue weighted by atomic mass is 19.4. The molecule has 1 amide bonds. The maximum Gasteiger partial charge on any atom is 0.416 e. The summed E-state index contributed by atoms with van der Waals surface area (Å²) in [5.41, 5.74) is 0.250. The standard InChI is InChI=1S/C22H16F3N5O2/c23-22(24,25)16-4-2-15(3-5-16)14-20(31)27-17-6-8-18(9-7-17)32-21-11-10-19(28-29-21)30-13-1-12-26-30/h1-13H,14H2,(H,27,31). The fraction of sp³-hybridized carbons (Fsp3) is 0.0909. The second-order valence-electron chi connectivity index (χ2n) is 6.73. The van der Waals surface area contributed by atoms with Gasteiger partial charge in [0.2, 0.25) is 11.8 Å². The van der Waals surface area contributed by atoms with Crippen LogP contribution in [0.2, 0.25) is 0 Å². The highest BCUT2D eigenvalue weighted by Gasteiger charge is 2.29. The van der Waals surface area contributed by atoms with Gasteiger partial charge in [0.1, 0.15) is 5.75 Å². The average molecular weight is 439 g/mol. The molecule has 1 N–H and O–H groups in total. The molecular weight excluding hydrogens is 423 g/mol. The minimum atomic E-state index is -4.40. The molecule has 0 radical (unpaired) electrons. The number of halogens is 3. The minimum absolute atomic E-state index is 0.0470. The zero-order chi connectivity index (χ0) is 22.6. The summed E-state index contributed by atoms with van der Waals surface area (Å²) in [5.74, 6) is 0.985. The number of nitrogens with zero attached hydrogens (tertiary/aromatic N) is 4. The van der Waals surface area contributed by atoms with E-state index >= 15 is 0 Å². The van der Waals surface area contributed by atoms with Gasteiger partial charge in [0, 0.05) is 24.1 Å². The SMILES string of the molecule is O=C(Cc1ccc(C(F)(F)F)cc1)Nc1ccc(Oc2ccc(-n3cccn3)nn2)cc1. The van der Waals surface area contributed by atoms with Gasteiger partial charge < -0.3 is 10.1 Å². The first-order valence-corrected chi connectivity index (χ1v) is 9.44. The van der Waals surface area contributed by atoms with Crippen molar-refractivity contribution in [3.63, 3.8) is 0 Å². The highest BCUT2D eigenvalue weighted by molar-refractivity contribution is 5.92. The van der Waals surface area contributed by atoms with E-state index in [-0.39, 0.29) is 12.3 Å². The Morgan fingerprint density at radius 1 is 0.969 bits per heavy atom. The molecule has 0 fully saturated rings. The van der Waals surface area contributed by atoms with Crippen molar-refractivity contribution in [2.75, 3.05) is 5.32 Å². The Kier molecular flexibility index (Phi) is 5.84. The van der Waals surface area contributed by atoms with E-state index in [0.717, 1.165) is 12.1 Å². The van der Waals surface area contributed by atoms with Crippen LogP contribution in [0, 0.1) is 0 Å². The summed E-state index contributed by atoms with van der Waals surface area (Å²) in [6.07, 6.45) is -1.07. The van der Waals surface area contributed by atoms with Crippen LogP contribution in [0.1, 0.15) is 11.1 Å². The first-order chi connectivity index (χ1) is 15.4. The van der Waals surface area contributed by atoms with Crippen molar-refractivity contribution >= 4 is 11.6 Å². The second-order valence-corrected chi connectivity index (χ2v) is 6.73. The van der Waals surface area contributed by atoms with Gasteiger partial charge in [0.25, 0.3) is 0 Å². The largest absolute Gasteiger partial charge is 0.438 e. The summed E-state index contributed by atoms with van der Waals surface area (Å²) in [6.45, 7) is 0. The van der Waals surface area contributed by atoms with E-state index in [1.807, 2.05) is 0 Å². The molecule has 0 aliphatic carbocycles. The van der Waals surface area contributed by atoms with Crippen LogP contribution in [0.4, 0.5) is 18.9 Å². The molecule has 0 bridgehead atoms. The lowest BCUT2D eigenvalue weighted by atomic mass is 10.1. The third kappa shape index (κ3) is 5.28. The summed E-state index contributed by atoms with van der Waals surface area (Å²) in [5, 5.41) is 14.8. The molecule has 4 aromatic rings. The van der Waals surface area contributed by atoms with Crippen molar-refractivity contribution in [2.24, 2.45) is 0 Å². The van der Waals surface area contributed by atoms with E-state index in [2.05, 4.69) is 20.6 Å². The number of hydrogen-bond donors (Lipinski definition) is 1. The molecule has 2 aromatic carbocycles. The van der Waals surface area contributed by atoms with Crippen LogP contribution in [-0.4, -0.2) is 25.9 Å². The third-order valence-corrected chi connectivity index (χ3v) is 4.37. The number of carbonyl (C=O) groups excluding carboxylic acids is 1. The lowest BCUT2D eigenvalue weighted by Gasteiger charge is -2.09. The monoisotopic (exact) mass is 439 g/mol. The molecule has 0 aliphatic rings. The Labute approximate surface area is 180 Å². The zero-order valence-corrected chi connectivity index (χ0v) is 16.5. The lowest BCUT2D eigenvalue weighted by Crippen LogP contribution is -2.14. The summed E-state index contributed by atoms with van der Waals surface area (Å²) >= 11 is 0. The molecule has 0 spiro atoms. The van der Waals surface area contributed by atoms with Crippen LogP contribution >= 0.6 is 0 Å². The molecule has 2 heterocycles. The number of aromatic nitrogens is 4. The van der Waals surface area contributed by atoms with Gasteiger partial charge in [0.05, 0.1) is 12.0 Å². The Hall–Kier alpha value is -4.21. The normalized spacial score (nSPS) is 11.2. The first kappa shape index (κ1) is 21.0. The molecule has 4 rings (SSSR count). The van der Waals surface area contributed by atoms with Crippen LogP contribution in [0.3, 0.4) is 0 Å². The maximum atomic E-state index is 12.6. The lowest BCUT2D eigenvalue weighted by molar-refractivity contribution is -0.137. The number of alkyl halides is 3. The maximum absolute atomic E-state index is 12.6. The van der Waals surface area contributed by atoms with Crippen molar-refractivity contribution < 1.29 is 22.7 Å². The third-order valence-electron chi connectivity index (χ3n) is 4.37. The van der Waals surface area contributed by atoms with E-state index in [1.165, 1.54) is 12.1 Å². The van der Waals surface area contributed by atoms with Gasteiger partial charge in [-0.05, 0) is 54.1 Å². The van der Waals surface area contributed by atoms with Gasteiger partial charge >= 0.3 is 6.18 Å². The van der Waals surface area contributed by atoms with E-state index in [1.54, 1.807) is 59.5 Å². The quantitative estimate of drug-likeness (QED) is 0.473. The Bertz CT molecular complexity index is 1170. The number of ether oxygens (including phenoxy) is 1. The zero-order valence-electron chi connectivity index (χ0n) is 16.5. The number of carbonyl (C=O) groups is 1. The number of nitrogens with one attached hydrogen (secondary N) is 1. The number of rotatable bonds is 6. The predicted octanol–water partition coefficient (Wildman–Crippen LogP) is 4.65. The van der Waals surface area contributed by atoms with Crippen molar-refractivity contribution in [3.8, 4) is 17.4 Å². The van der Waals surface area contributed by atoms with E-state index in [4.69, 9.17) is 4.74 Å². The van der Waals surface area contributed by atoms with E-state index < -0.39 is 11.7 Å². The Morgan fingerprint density at radius 3 is 2.31 bits per heavy atom. The Morgan fingerprint density at radius 2 is 1.72 bits per heavy atom. The van der Waals surface area contributed by atoms with Gasteiger partial charge in [-0.3, -0.25) is 4.79 Å².